The van der Waals surface area contributed by atoms with Gasteiger partial charge in [0, 0.05) is 0 Å². The van der Waals surface area contributed by atoms with Crippen molar-refractivity contribution in [1.29, 1.82) is 0 Å². The van der Waals surface area contributed by atoms with Gasteiger partial charge in [-0.1, -0.05) is 23.5 Å². The fourth-order valence-corrected chi connectivity index (χ4v) is 2.88. The molecular weight excluding hydrogens is 346 g/mol. The van der Waals surface area contributed by atoms with Crippen LogP contribution in [0, 0.1) is 0 Å². The van der Waals surface area contributed by atoms with E-state index >= 15 is 0 Å². The van der Waals surface area contributed by atoms with Gasteiger partial charge in [0.1, 0.15) is 5.76 Å². The number of para-hydroxylation sites is 1. The van der Waals surface area contributed by atoms with Crippen molar-refractivity contribution in [3.63, 3.8) is 0 Å². The first-order valence-corrected chi connectivity index (χ1v) is 8.38. The molecule has 1 aromatic carbocycles. The summed E-state index contributed by atoms with van der Waals surface area (Å²) in [4.78, 5) is 16.2. The lowest BCUT2D eigenvalue weighted by Crippen LogP contribution is -2.48. The van der Waals surface area contributed by atoms with Crippen LogP contribution in [0.2, 0.25) is 0 Å². The monoisotopic (exact) mass is 361 g/mol. The Morgan fingerprint density at radius 3 is 2.88 bits per heavy atom. The number of nitrogens with one attached hydrogen (secondary N) is 4. The third-order valence-corrected chi connectivity index (χ3v) is 4.25. The van der Waals surface area contributed by atoms with Crippen molar-refractivity contribution < 1.29 is 9.21 Å². The Morgan fingerprint density at radius 2 is 2.08 bits per heavy atom. The van der Waals surface area contributed by atoms with Gasteiger partial charge in [-0.15, -0.1) is 0 Å². The number of nitrogens with zero attached hydrogens (tertiary/aromatic N) is 1. The molecule has 0 saturated heterocycles. The van der Waals surface area contributed by atoms with Gasteiger partial charge in [0.05, 0.1) is 29.6 Å². The number of amides is 1. The van der Waals surface area contributed by atoms with E-state index in [2.05, 4.69) is 26.5 Å². The number of aromatic nitrogens is 1. The molecule has 0 saturated carbocycles. The predicted molar refractivity (Wildman–Crippen MR) is 97.5 cm³/mol. The van der Waals surface area contributed by atoms with Crippen LogP contribution in [-0.2, 0) is 11.3 Å². The highest BCUT2D eigenvalue weighted by Gasteiger charge is 2.06. The van der Waals surface area contributed by atoms with Crippen LogP contribution < -0.4 is 21.5 Å². The van der Waals surface area contributed by atoms with Crippen LogP contribution in [0.4, 0.5) is 5.13 Å². The number of carbonyl (C=O) groups excluding carboxylic acids is 1. The fraction of sp³-hybridized carbons (Fsp3) is 0.133. The molecule has 4 N–H and O–H groups in total. The molecule has 0 aliphatic carbocycles. The number of anilines is 1. The van der Waals surface area contributed by atoms with Gasteiger partial charge in [0.2, 0.25) is 0 Å². The summed E-state index contributed by atoms with van der Waals surface area (Å²) in [5, 5.41) is 6.91. The molecule has 3 aromatic rings. The predicted octanol–water partition coefficient (Wildman–Crippen LogP) is 2.00. The molecule has 7 nitrogen and oxygen atoms in total. The quantitative estimate of drug-likeness (QED) is 0.408. The van der Waals surface area contributed by atoms with Crippen molar-refractivity contribution in [1.82, 2.24) is 21.2 Å². The summed E-state index contributed by atoms with van der Waals surface area (Å²) in [5.41, 5.74) is 6.05. The van der Waals surface area contributed by atoms with Gasteiger partial charge in [-0.25, -0.2) is 4.98 Å². The summed E-state index contributed by atoms with van der Waals surface area (Å²) < 4.78 is 6.24. The molecule has 24 heavy (non-hydrogen) atoms. The maximum absolute atomic E-state index is 11.8. The zero-order chi connectivity index (χ0) is 16.8. The van der Waals surface area contributed by atoms with Crippen LogP contribution in [0.25, 0.3) is 10.2 Å². The Labute approximate surface area is 147 Å². The van der Waals surface area contributed by atoms with Crippen molar-refractivity contribution in [3.8, 4) is 0 Å². The average Bonchev–Trinajstić information content (AvgIpc) is 3.25. The third kappa shape index (κ3) is 4.43. The number of furan rings is 1. The van der Waals surface area contributed by atoms with Gasteiger partial charge in [-0.2, -0.15) is 0 Å². The molecule has 1 amide bonds. The van der Waals surface area contributed by atoms with Crippen LogP contribution in [0.3, 0.4) is 0 Å². The fourth-order valence-electron chi connectivity index (χ4n) is 1.90. The summed E-state index contributed by atoms with van der Waals surface area (Å²) in [5.74, 6) is 0.499. The number of carbonyl (C=O) groups is 1. The van der Waals surface area contributed by atoms with E-state index in [4.69, 9.17) is 16.6 Å². The zero-order valence-electron chi connectivity index (χ0n) is 12.5. The molecule has 2 heterocycles. The van der Waals surface area contributed by atoms with Crippen LogP contribution in [0.1, 0.15) is 5.76 Å². The van der Waals surface area contributed by atoms with Gasteiger partial charge < -0.3 is 15.1 Å². The van der Waals surface area contributed by atoms with E-state index in [9.17, 15) is 4.79 Å². The summed E-state index contributed by atoms with van der Waals surface area (Å²) in [7, 11) is 0. The van der Waals surface area contributed by atoms with E-state index in [0.717, 1.165) is 16.0 Å². The molecule has 0 atom stereocenters. The minimum Gasteiger partial charge on any atom is -0.467 e. The molecule has 3 rings (SSSR count). The first-order chi connectivity index (χ1) is 11.7. The SMILES string of the molecule is O=C(CNc1nc2ccccc2s1)NNC(=S)NCc1ccco1. The lowest BCUT2D eigenvalue weighted by molar-refractivity contribution is -0.119. The zero-order valence-corrected chi connectivity index (χ0v) is 14.2. The minimum absolute atomic E-state index is 0.0909. The number of rotatable bonds is 5. The lowest BCUT2D eigenvalue weighted by Gasteiger charge is -2.10. The molecule has 0 radical (unpaired) electrons. The Hall–Kier alpha value is -2.65. The molecule has 2 aromatic heterocycles. The first-order valence-electron chi connectivity index (χ1n) is 7.15. The van der Waals surface area contributed by atoms with E-state index in [1.54, 1.807) is 12.3 Å². The second kappa shape index (κ2) is 7.75. The summed E-state index contributed by atoms with van der Waals surface area (Å²) in [6, 6.07) is 11.4. The standard InChI is InChI=1S/C15H15N5O2S2/c21-13(19-20-14(23)16-8-10-4-3-7-22-10)9-17-15-18-11-5-1-2-6-12(11)24-15/h1-7H,8-9H2,(H,17,18)(H,19,21)(H2,16,20,23). The van der Waals surface area contributed by atoms with Crippen molar-refractivity contribution in [2.24, 2.45) is 0 Å². The number of thiazole rings is 1. The maximum Gasteiger partial charge on any atom is 0.257 e. The van der Waals surface area contributed by atoms with Crippen LogP contribution in [-0.4, -0.2) is 22.5 Å². The highest BCUT2D eigenvalue weighted by atomic mass is 32.1. The third-order valence-electron chi connectivity index (χ3n) is 3.01. The lowest BCUT2D eigenvalue weighted by atomic mass is 10.3. The van der Waals surface area contributed by atoms with Crippen molar-refractivity contribution in [2.45, 2.75) is 6.54 Å². The Morgan fingerprint density at radius 1 is 1.21 bits per heavy atom. The normalized spacial score (nSPS) is 10.3. The first kappa shape index (κ1) is 16.2. The maximum atomic E-state index is 11.8. The number of hydrazine groups is 1. The number of hydrogen-bond acceptors (Lipinski definition) is 6. The van der Waals surface area contributed by atoms with Crippen LogP contribution >= 0.6 is 23.6 Å². The Kier molecular flexibility index (Phi) is 5.24. The second-order valence-corrected chi connectivity index (χ2v) is 6.21. The van der Waals surface area contributed by atoms with E-state index in [1.165, 1.54) is 11.3 Å². The van der Waals surface area contributed by atoms with E-state index < -0.39 is 0 Å². The molecule has 124 valence electrons. The Balaban J connectivity index is 1.38. The van der Waals surface area contributed by atoms with Crippen molar-refractivity contribution in [3.05, 3.63) is 48.4 Å². The minimum atomic E-state index is -0.253. The van der Waals surface area contributed by atoms with Crippen molar-refractivity contribution in [2.75, 3.05) is 11.9 Å². The number of hydrogen-bond donors (Lipinski definition) is 4. The smallest absolute Gasteiger partial charge is 0.257 e. The molecule has 0 spiro atoms. The van der Waals surface area contributed by atoms with Gasteiger partial charge in [0.15, 0.2) is 10.2 Å². The molecule has 0 bridgehead atoms. The largest absolute Gasteiger partial charge is 0.467 e. The van der Waals surface area contributed by atoms with Crippen LogP contribution in [0.15, 0.2) is 47.1 Å². The highest BCUT2D eigenvalue weighted by molar-refractivity contribution is 7.80. The molecule has 0 unspecified atom stereocenters. The molecule has 0 aliphatic rings. The van der Waals surface area contributed by atoms with Gasteiger partial charge >= 0.3 is 0 Å². The molecular formula is C15H15N5O2S2. The van der Waals surface area contributed by atoms with Gasteiger partial charge in [-0.3, -0.25) is 15.6 Å². The topological polar surface area (TPSA) is 91.2 Å². The second-order valence-electron chi connectivity index (χ2n) is 4.78. The van der Waals surface area contributed by atoms with E-state index in [0.29, 0.717) is 16.8 Å². The molecule has 9 heteroatoms. The molecule has 0 aliphatic heterocycles. The van der Waals surface area contributed by atoms with Gasteiger partial charge in [-0.05, 0) is 36.5 Å². The number of fused-ring (bicyclic) bond motifs is 1. The summed E-state index contributed by atoms with van der Waals surface area (Å²) >= 11 is 6.56. The molecule has 0 fully saturated rings. The number of benzene rings is 1. The van der Waals surface area contributed by atoms with Crippen molar-refractivity contribution >= 4 is 49.9 Å². The van der Waals surface area contributed by atoms with Gasteiger partial charge in [0.25, 0.3) is 5.91 Å². The highest BCUT2D eigenvalue weighted by Crippen LogP contribution is 2.24. The average molecular weight is 361 g/mol. The van der Waals surface area contributed by atoms with E-state index in [-0.39, 0.29) is 12.5 Å². The van der Waals surface area contributed by atoms with Crippen LogP contribution in [0.5, 0.6) is 0 Å². The summed E-state index contributed by atoms with van der Waals surface area (Å²) in [6.07, 6.45) is 1.59. The number of thiocarbonyl (C=S) groups is 1. The van der Waals surface area contributed by atoms with E-state index in [1.807, 2.05) is 30.3 Å². The summed E-state index contributed by atoms with van der Waals surface area (Å²) in [6.45, 7) is 0.534. The Bertz CT molecular complexity index is 798.